The Balaban J connectivity index is 2.45. The summed E-state index contributed by atoms with van der Waals surface area (Å²) in [5, 5.41) is 9.66. The Morgan fingerprint density at radius 2 is 1.27 bits per heavy atom. The van der Waals surface area contributed by atoms with Gasteiger partial charge in [0.25, 0.3) is 0 Å². The molecule has 116 valence electrons. The molecule has 0 spiro atoms. The number of hydrogen-bond acceptors (Lipinski definition) is 3. The SMILES string of the molecule is CC(Cl)(Cl)C(Oc1ccccc1)(Oc1ccccc1)C(=O)O. The highest BCUT2D eigenvalue weighted by Gasteiger charge is 2.59. The molecule has 0 heterocycles. The Bertz CT molecular complexity index is 582. The van der Waals surface area contributed by atoms with Gasteiger partial charge >= 0.3 is 11.8 Å². The first-order valence-corrected chi connectivity index (χ1v) is 7.20. The number of halogens is 2. The maximum atomic E-state index is 11.9. The van der Waals surface area contributed by atoms with Crippen molar-refractivity contribution >= 4 is 29.2 Å². The second-order valence-corrected chi connectivity index (χ2v) is 6.35. The average Bonchev–Trinajstić information content (AvgIpc) is 2.47. The number of hydrogen-bond donors (Lipinski definition) is 1. The van der Waals surface area contributed by atoms with Crippen molar-refractivity contribution < 1.29 is 19.4 Å². The molecule has 0 aliphatic heterocycles. The second-order valence-electron chi connectivity index (χ2n) is 4.64. The lowest BCUT2D eigenvalue weighted by molar-refractivity contribution is -0.188. The third-order valence-electron chi connectivity index (χ3n) is 2.87. The zero-order valence-corrected chi connectivity index (χ0v) is 13.2. The van der Waals surface area contributed by atoms with E-state index in [2.05, 4.69) is 0 Å². The Kier molecular flexibility index (Phi) is 4.84. The van der Waals surface area contributed by atoms with Crippen LogP contribution in [0.4, 0.5) is 0 Å². The van der Waals surface area contributed by atoms with Gasteiger partial charge in [-0.2, -0.15) is 0 Å². The van der Waals surface area contributed by atoms with E-state index in [0.29, 0.717) is 0 Å². The quantitative estimate of drug-likeness (QED) is 0.634. The summed E-state index contributed by atoms with van der Waals surface area (Å²) in [6.45, 7) is 1.30. The van der Waals surface area contributed by atoms with Crippen molar-refractivity contribution in [2.75, 3.05) is 0 Å². The minimum atomic E-state index is -2.31. The van der Waals surface area contributed by atoms with Crippen molar-refractivity contribution in [1.82, 2.24) is 0 Å². The summed E-state index contributed by atoms with van der Waals surface area (Å²) in [5.41, 5.74) is 0. The topological polar surface area (TPSA) is 55.8 Å². The molecule has 1 N–H and O–H groups in total. The molecule has 0 atom stereocenters. The number of aliphatic carboxylic acids is 1. The molecule has 0 aliphatic rings. The zero-order chi connectivity index (χ0) is 16.2. The molecule has 6 heteroatoms. The van der Waals surface area contributed by atoms with Crippen LogP contribution in [0, 0.1) is 0 Å². The molecule has 0 saturated carbocycles. The van der Waals surface area contributed by atoms with Crippen molar-refractivity contribution in [2.24, 2.45) is 0 Å². The van der Waals surface area contributed by atoms with Crippen LogP contribution in [-0.4, -0.2) is 21.2 Å². The van der Waals surface area contributed by atoms with Crippen molar-refractivity contribution in [2.45, 2.75) is 17.0 Å². The van der Waals surface area contributed by atoms with Gasteiger partial charge < -0.3 is 14.6 Å². The number of benzene rings is 2. The summed E-state index contributed by atoms with van der Waals surface area (Å²) in [4.78, 5) is 11.9. The molecule has 0 aromatic heterocycles. The fraction of sp³-hybridized carbons (Fsp3) is 0.188. The van der Waals surface area contributed by atoms with Crippen molar-refractivity contribution in [3.05, 3.63) is 60.7 Å². The van der Waals surface area contributed by atoms with Crippen LogP contribution in [0.2, 0.25) is 0 Å². The lowest BCUT2D eigenvalue weighted by Gasteiger charge is -2.36. The van der Waals surface area contributed by atoms with Gasteiger partial charge in [0.05, 0.1) is 0 Å². The van der Waals surface area contributed by atoms with E-state index in [1.54, 1.807) is 60.7 Å². The van der Waals surface area contributed by atoms with Crippen LogP contribution in [0.1, 0.15) is 6.92 Å². The number of carbonyl (C=O) groups is 1. The number of rotatable bonds is 6. The van der Waals surface area contributed by atoms with Gasteiger partial charge in [0.1, 0.15) is 11.5 Å². The van der Waals surface area contributed by atoms with Crippen LogP contribution in [-0.2, 0) is 4.79 Å². The molecule has 0 aliphatic carbocycles. The summed E-state index contributed by atoms with van der Waals surface area (Å²) >= 11 is 12.2. The number of carboxylic acid groups (broad SMARTS) is 1. The van der Waals surface area contributed by atoms with Crippen LogP contribution < -0.4 is 9.47 Å². The zero-order valence-electron chi connectivity index (χ0n) is 11.7. The van der Waals surface area contributed by atoms with Crippen LogP contribution in [0.5, 0.6) is 11.5 Å². The fourth-order valence-electron chi connectivity index (χ4n) is 1.78. The number of para-hydroxylation sites is 2. The largest absolute Gasteiger partial charge is 0.475 e. The molecule has 4 nitrogen and oxygen atoms in total. The molecular formula is C16H14Cl2O4. The van der Waals surface area contributed by atoms with E-state index in [1.165, 1.54) is 6.92 Å². The van der Waals surface area contributed by atoms with E-state index in [-0.39, 0.29) is 11.5 Å². The number of carboxylic acids is 1. The lowest BCUT2D eigenvalue weighted by Crippen LogP contribution is -2.60. The Hall–Kier alpha value is -1.91. The molecular weight excluding hydrogens is 327 g/mol. The monoisotopic (exact) mass is 340 g/mol. The Morgan fingerprint density at radius 3 is 1.55 bits per heavy atom. The molecule has 2 aromatic carbocycles. The predicted octanol–water partition coefficient (Wildman–Crippen LogP) is 4.12. The summed E-state index contributed by atoms with van der Waals surface area (Å²) < 4.78 is 9.24. The van der Waals surface area contributed by atoms with Crippen LogP contribution in [0.3, 0.4) is 0 Å². The smallest absolute Gasteiger partial charge is 0.393 e. The highest BCUT2D eigenvalue weighted by molar-refractivity contribution is 6.50. The molecule has 22 heavy (non-hydrogen) atoms. The number of ether oxygens (including phenoxy) is 2. The third kappa shape index (κ3) is 3.46. The predicted molar refractivity (Wildman–Crippen MR) is 84.6 cm³/mol. The lowest BCUT2D eigenvalue weighted by atomic mass is 10.2. The van der Waals surface area contributed by atoms with E-state index < -0.39 is 16.1 Å². The number of alkyl halides is 2. The van der Waals surface area contributed by atoms with E-state index in [1.807, 2.05) is 0 Å². The minimum Gasteiger partial charge on any atom is -0.475 e. The highest BCUT2D eigenvalue weighted by Crippen LogP contribution is 2.39. The molecule has 0 radical (unpaired) electrons. The van der Waals surface area contributed by atoms with E-state index >= 15 is 0 Å². The van der Waals surface area contributed by atoms with Gasteiger partial charge in [-0.1, -0.05) is 59.6 Å². The van der Waals surface area contributed by atoms with Crippen LogP contribution in [0.15, 0.2) is 60.7 Å². The van der Waals surface area contributed by atoms with E-state index in [4.69, 9.17) is 32.7 Å². The first-order chi connectivity index (χ1) is 10.3. The molecule has 0 amide bonds. The molecule has 2 rings (SSSR count). The maximum absolute atomic E-state index is 11.9. The third-order valence-corrected chi connectivity index (χ3v) is 3.37. The van der Waals surface area contributed by atoms with Crippen molar-refractivity contribution in [3.8, 4) is 11.5 Å². The minimum absolute atomic E-state index is 0.272. The summed E-state index contributed by atoms with van der Waals surface area (Å²) in [6, 6.07) is 16.7. The molecule has 0 fully saturated rings. The molecule has 0 bridgehead atoms. The van der Waals surface area contributed by atoms with Gasteiger partial charge in [0.15, 0.2) is 0 Å². The molecule has 0 unspecified atom stereocenters. The Morgan fingerprint density at radius 1 is 0.909 bits per heavy atom. The van der Waals surface area contributed by atoms with Gasteiger partial charge in [-0.3, -0.25) is 0 Å². The molecule has 2 aromatic rings. The second kappa shape index (κ2) is 6.46. The van der Waals surface area contributed by atoms with Crippen LogP contribution >= 0.6 is 23.2 Å². The summed E-state index contributed by atoms with van der Waals surface area (Å²) in [6.07, 6.45) is 0. The van der Waals surface area contributed by atoms with Gasteiger partial charge in [-0.05, 0) is 31.2 Å². The highest BCUT2D eigenvalue weighted by atomic mass is 35.5. The standard InChI is InChI=1S/C16H14Cl2O4/c1-15(17,18)16(14(19)20,21-12-8-4-2-5-9-12)22-13-10-6-3-7-11-13/h2-11H,1H3,(H,19,20). The molecule has 0 saturated heterocycles. The van der Waals surface area contributed by atoms with E-state index in [0.717, 1.165) is 0 Å². The van der Waals surface area contributed by atoms with Crippen LogP contribution in [0.25, 0.3) is 0 Å². The average molecular weight is 341 g/mol. The normalized spacial score (nSPS) is 11.8. The summed E-state index contributed by atoms with van der Waals surface area (Å²) in [5.74, 6) is -3.20. The van der Waals surface area contributed by atoms with Crippen molar-refractivity contribution in [1.29, 1.82) is 0 Å². The van der Waals surface area contributed by atoms with E-state index in [9.17, 15) is 9.90 Å². The van der Waals surface area contributed by atoms with Gasteiger partial charge in [-0.25, -0.2) is 4.79 Å². The first-order valence-electron chi connectivity index (χ1n) is 6.44. The van der Waals surface area contributed by atoms with Gasteiger partial charge in [-0.15, -0.1) is 0 Å². The van der Waals surface area contributed by atoms with Gasteiger partial charge in [0.2, 0.25) is 4.33 Å². The van der Waals surface area contributed by atoms with Gasteiger partial charge in [0, 0.05) is 0 Å². The van der Waals surface area contributed by atoms with Crippen molar-refractivity contribution in [3.63, 3.8) is 0 Å². The maximum Gasteiger partial charge on any atom is 0.393 e. The summed E-state index contributed by atoms with van der Waals surface area (Å²) in [7, 11) is 0. The first kappa shape index (κ1) is 16.5. The Labute approximate surface area is 138 Å². The fourth-order valence-corrected chi connectivity index (χ4v) is 2.10.